The third-order valence-electron chi connectivity index (χ3n) is 5.37. The number of carbonyl (C=O) groups excluding carboxylic acids is 2. The summed E-state index contributed by atoms with van der Waals surface area (Å²) >= 11 is 0. The van der Waals surface area contributed by atoms with Crippen LogP contribution in [0, 0.1) is 11.8 Å². The van der Waals surface area contributed by atoms with Crippen molar-refractivity contribution < 1.29 is 18.7 Å². The summed E-state index contributed by atoms with van der Waals surface area (Å²) < 4.78 is 11.1. The van der Waals surface area contributed by atoms with Gasteiger partial charge in [0, 0.05) is 23.5 Å². The van der Waals surface area contributed by atoms with Crippen LogP contribution in [0.15, 0.2) is 71.1 Å². The molecule has 0 N–H and O–H groups in total. The van der Waals surface area contributed by atoms with Crippen LogP contribution >= 0.6 is 0 Å². The molecule has 1 aliphatic heterocycles. The van der Waals surface area contributed by atoms with Gasteiger partial charge in [-0.2, -0.15) is 0 Å². The van der Waals surface area contributed by atoms with Crippen LogP contribution in [0.1, 0.15) is 22.8 Å². The van der Waals surface area contributed by atoms with Gasteiger partial charge in [0.1, 0.15) is 11.5 Å². The molecule has 5 rings (SSSR count). The summed E-state index contributed by atoms with van der Waals surface area (Å²) in [6, 6.07) is 21.7. The van der Waals surface area contributed by atoms with Crippen molar-refractivity contribution >= 4 is 11.9 Å². The van der Waals surface area contributed by atoms with Crippen molar-refractivity contribution in [1.29, 1.82) is 0 Å². The van der Waals surface area contributed by atoms with E-state index in [4.69, 9.17) is 9.15 Å². The number of fused-ring (bicyclic) bond motifs is 2. The van der Waals surface area contributed by atoms with E-state index in [9.17, 15) is 9.59 Å². The van der Waals surface area contributed by atoms with E-state index in [-0.39, 0.29) is 5.92 Å². The topological polar surface area (TPSA) is 56.5 Å². The van der Waals surface area contributed by atoms with Gasteiger partial charge in [-0.05, 0) is 11.6 Å². The number of rotatable bonds is 2. The van der Waals surface area contributed by atoms with E-state index in [1.165, 1.54) is 0 Å². The van der Waals surface area contributed by atoms with E-state index in [1.54, 1.807) is 0 Å². The molecule has 0 saturated carbocycles. The molecule has 3 atom stereocenters. The smallest absolute Gasteiger partial charge is 0.318 e. The maximum absolute atomic E-state index is 12.4. The van der Waals surface area contributed by atoms with Gasteiger partial charge in [0.25, 0.3) is 0 Å². The molecule has 2 aromatic carbocycles. The van der Waals surface area contributed by atoms with Crippen LogP contribution in [-0.4, -0.2) is 11.9 Å². The minimum Gasteiger partial charge on any atom is -0.461 e. The van der Waals surface area contributed by atoms with Crippen LogP contribution in [0.3, 0.4) is 0 Å². The first-order valence-electron chi connectivity index (χ1n) is 8.71. The van der Waals surface area contributed by atoms with Crippen molar-refractivity contribution in [3.63, 3.8) is 0 Å². The molecule has 1 aromatic heterocycles. The molecule has 4 nitrogen and oxygen atoms in total. The van der Waals surface area contributed by atoms with Crippen LogP contribution in [0.5, 0.6) is 0 Å². The molecule has 1 fully saturated rings. The highest BCUT2D eigenvalue weighted by atomic mass is 16.6. The van der Waals surface area contributed by atoms with Crippen LogP contribution in [0.2, 0.25) is 0 Å². The summed E-state index contributed by atoms with van der Waals surface area (Å²) in [5, 5.41) is 0. The lowest BCUT2D eigenvalue weighted by Gasteiger charge is -2.29. The van der Waals surface area contributed by atoms with Crippen molar-refractivity contribution in [2.45, 2.75) is 12.3 Å². The number of hydrogen-bond donors (Lipinski definition) is 0. The molecule has 4 heteroatoms. The molecule has 1 saturated heterocycles. The van der Waals surface area contributed by atoms with E-state index in [0.29, 0.717) is 6.42 Å². The van der Waals surface area contributed by atoms with Crippen molar-refractivity contribution in [1.82, 2.24) is 0 Å². The number of cyclic esters (lactones) is 2. The first-order valence-corrected chi connectivity index (χ1v) is 8.71. The monoisotopic (exact) mass is 344 g/mol. The molecular formula is C22H16O4. The second kappa shape index (κ2) is 5.70. The average molecular weight is 344 g/mol. The number of carbonyl (C=O) groups is 2. The fourth-order valence-electron chi connectivity index (χ4n) is 4.18. The SMILES string of the molecule is O=C1OC(=O)[C@H]2Cc3oc(-c4ccccc4)cc3[C@@H](c3ccccc3)[C@@H]12. The van der Waals surface area contributed by atoms with Gasteiger partial charge in [-0.3, -0.25) is 9.59 Å². The van der Waals surface area contributed by atoms with Gasteiger partial charge in [0.05, 0.1) is 11.8 Å². The zero-order valence-electron chi connectivity index (χ0n) is 13.9. The molecule has 0 unspecified atom stereocenters. The van der Waals surface area contributed by atoms with E-state index >= 15 is 0 Å². The van der Waals surface area contributed by atoms with Crippen LogP contribution in [0.25, 0.3) is 11.3 Å². The molecule has 0 radical (unpaired) electrons. The fraction of sp³-hybridized carbons (Fsp3) is 0.182. The van der Waals surface area contributed by atoms with Crippen molar-refractivity contribution in [2.75, 3.05) is 0 Å². The van der Waals surface area contributed by atoms with Gasteiger partial charge in [-0.25, -0.2) is 0 Å². The standard InChI is InChI=1S/C22H16O4/c23-21-16-12-18-15(11-17(25-18)13-7-3-1-4-8-13)19(20(16)22(24)26-21)14-9-5-2-6-10-14/h1-11,16,19-20H,12H2/t16-,19+,20-/m0/s1. The minimum atomic E-state index is -0.487. The van der Waals surface area contributed by atoms with Crippen LogP contribution in [-0.2, 0) is 20.7 Å². The molecular weight excluding hydrogens is 328 g/mol. The lowest BCUT2D eigenvalue weighted by molar-refractivity contribution is -0.153. The zero-order chi connectivity index (χ0) is 17.7. The van der Waals surface area contributed by atoms with Gasteiger partial charge < -0.3 is 9.15 Å². The normalized spacial score (nSPS) is 24.1. The van der Waals surface area contributed by atoms with Crippen molar-refractivity contribution in [3.8, 4) is 11.3 Å². The minimum absolute atomic E-state index is 0.231. The highest BCUT2D eigenvalue weighted by Crippen LogP contribution is 2.49. The Morgan fingerprint density at radius 2 is 1.54 bits per heavy atom. The Hall–Kier alpha value is -3.14. The van der Waals surface area contributed by atoms with Crippen LogP contribution in [0.4, 0.5) is 0 Å². The predicted molar refractivity (Wildman–Crippen MR) is 94.2 cm³/mol. The summed E-state index contributed by atoms with van der Waals surface area (Å²) in [7, 11) is 0. The lowest BCUT2D eigenvalue weighted by atomic mass is 9.69. The molecule has 0 bridgehead atoms. The Bertz CT molecular complexity index is 987. The van der Waals surface area contributed by atoms with Crippen molar-refractivity contribution in [3.05, 3.63) is 83.6 Å². The first-order chi connectivity index (χ1) is 12.7. The second-order valence-corrected chi connectivity index (χ2v) is 6.82. The third-order valence-corrected chi connectivity index (χ3v) is 5.37. The molecule has 2 aliphatic rings. The largest absolute Gasteiger partial charge is 0.461 e. The fourth-order valence-corrected chi connectivity index (χ4v) is 4.18. The molecule has 0 spiro atoms. The summed E-state index contributed by atoms with van der Waals surface area (Å²) in [5.41, 5.74) is 2.95. The quantitative estimate of drug-likeness (QED) is 0.522. The van der Waals surface area contributed by atoms with Crippen molar-refractivity contribution in [2.24, 2.45) is 11.8 Å². The molecule has 26 heavy (non-hydrogen) atoms. The average Bonchev–Trinajstić information content (AvgIpc) is 3.23. The number of esters is 2. The highest BCUT2D eigenvalue weighted by molar-refractivity contribution is 5.98. The maximum atomic E-state index is 12.4. The number of benzene rings is 2. The van der Waals surface area contributed by atoms with Gasteiger partial charge >= 0.3 is 11.9 Å². The molecule has 3 aromatic rings. The van der Waals surface area contributed by atoms with E-state index in [0.717, 1.165) is 28.2 Å². The Morgan fingerprint density at radius 3 is 2.27 bits per heavy atom. The number of ether oxygens (including phenoxy) is 1. The Kier molecular flexibility index (Phi) is 3.32. The Balaban J connectivity index is 1.68. The molecule has 1 aliphatic carbocycles. The highest BCUT2D eigenvalue weighted by Gasteiger charge is 2.53. The summed E-state index contributed by atoms with van der Waals surface area (Å²) in [4.78, 5) is 24.6. The summed E-state index contributed by atoms with van der Waals surface area (Å²) in [5.74, 6) is -0.534. The van der Waals surface area contributed by atoms with Gasteiger partial charge in [-0.1, -0.05) is 60.7 Å². The summed E-state index contributed by atoms with van der Waals surface area (Å²) in [6.07, 6.45) is 0.404. The van der Waals surface area contributed by atoms with Gasteiger partial charge in [-0.15, -0.1) is 0 Å². The van der Waals surface area contributed by atoms with Gasteiger partial charge in [0.15, 0.2) is 0 Å². The second-order valence-electron chi connectivity index (χ2n) is 6.82. The van der Waals surface area contributed by atoms with Crippen LogP contribution < -0.4 is 0 Å². The third kappa shape index (κ3) is 2.22. The zero-order valence-corrected chi connectivity index (χ0v) is 13.9. The molecule has 128 valence electrons. The summed E-state index contributed by atoms with van der Waals surface area (Å²) in [6.45, 7) is 0. The predicted octanol–water partition coefficient (Wildman–Crippen LogP) is 3.95. The molecule has 0 amide bonds. The van der Waals surface area contributed by atoms with E-state index in [1.807, 2.05) is 66.7 Å². The first kappa shape index (κ1) is 15.1. The Labute approximate surface area is 150 Å². The number of furan rings is 1. The lowest BCUT2D eigenvalue weighted by Crippen LogP contribution is -2.31. The maximum Gasteiger partial charge on any atom is 0.318 e. The van der Waals surface area contributed by atoms with E-state index < -0.39 is 23.8 Å². The van der Waals surface area contributed by atoms with E-state index in [2.05, 4.69) is 0 Å². The number of hydrogen-bond acceptors (Lipinski definition) is 4. The molecule has 2 heterocycles. The van der Waals surface area contributed by atoms with Gasteiger partial charge in [0.2, 0.25) is 0 Å². The Morgan fingerprint density at radius 1 is 0.846 bits per heavy atom.